The highest BCUT2D eigenvalue weighted by Gasteiger charge is 2.18. The third-order valence-electron chi connectivity index (χ3n) is 3.91. The van der Waals surface area contributed by atoms with Crippen molar-refractivity contribution in [2.24, 2.45) is 0 Å². The Morgan fingerprint density at radius 2 is 1.88 bits per heavy atom. The fraction of sp³-hybridized carbons (Fsp3) is 0.150. The van der Waals surface area contributed by atoms with Gasteiger partial charge in [0.25, 0.3) is 0 Å². The molecule has 0 bridgehead atoms. The predicted molar refractivity (Wildman–Crippen MR) is 102 cm³/mol. The van der Waals surface area contributed by atoms with Crippen molar-refractivity contribution < 1.29 is 9.53 Å². The summed E-state index contributed by atoms with van der Waals surface area (Å²) in [5.41, 5.74) is 3.18. The Morgan fingerprint density at radius 1 is 1.16 bits per heavy atom. The molecule has 3 rings (SSSR count). The number of benzene rings is 2. The Morgan fingerprint density at radius 3 is 2.52 bits per heavy atom. The Bertz CT molecular complexity index is 940. The Balaban J connectivity index is 2.20. The number of allylic oxidation sites excluding steroid dienone is 1. The Hall–Kier alpha value is -2.72. The number of rotatable bonds is 5. The van der Waals surface area contributed by atoms with Crippen molar-refractivity contribution in [3.8, 4) is 16.9 Å². The molecule has 1 aromatic heterocycles. The summed E-state index contributed by atoms with van der Waals surface area (Å²) in [5.74, 6) is 0.675. The maximum Gasteiger partial charge on any atom is 0.204 e. The maximum atomic E-state index is 12.7. The zero-order valence-electron chi connectivity index (χ0n) is 14.3. The molecule has 0 aliphatic rings. The number of halogens is 1. The van der Waals surface area contributed by atoms with Gasteiger partial charge in [-0.2, -0.15) is 0 Å². The molecule has 5 heteroatoms. The van der Waals surface area contributed by atoms with Crippen LogP contribution in [0.3, 0.4) is 0 Å². The molecule has 0 amide bonds. The molecule has 1 N–H and O–H groups in total. The molecule has 0 spiro atoms. The lowest BCUT2D eigenvalue weighted by atomic mass is 10.00. The summed E-state index contributed by atoms with van der Waals surface area (Å²) in [7, 11) is 5.37. The van der Waals surface area contributed by atoms with E-state index in [9.17, 15) is 4.79 Å². The molecule has 3 aromatic rings. The van der Waals surface area contributed by atoms with E-state index >= 15 is 0 Å². The molecule has 0 saturated heterocycles. The summed E-state index contributed by atoms with van der Waals surface area (Å²) >= 11 is 6.18. The number of fused-ring (bicyclic) bond motifs is 1. The van der Waals surface area contributed by atoms with E-state index in [0.717, 1.165) is 27.8 Å². The van der Waals surface area contributed by atoms with Crippen LogP contribution in [0.2, 0.25) is 5.02 Å². The number of nitrogens with zero attached hydrogens (tertiary/aromatic N) is 1. The van der Waals surface area contributed by atoms with Crippen LogP contribution in [0.1, 0.15) is 10.5 Å². The van der Waals surface area contributed by atoms with E-state index in [1.807, 2.05) is 61.5 Å². The number of carbonyl (C=O) groups excluding carboxylic acids is 1. The van der Waals surface area contributed by atoms with Gasteiger partial charge in [0.1, 0.15) is 5.75 Å². The molecule has 0 unspecified atom stereocenters. The largest absolute Gasteiger partial charge is 0.497 e. The van der Waals surface area contributed by atoms with Crippen LogP contribution in [0.25, 0.3) is 22.0 Å². The number of ether oxygens (including phenoxy) is 1. The van der Waals surface area contributed by atoms with E-state index in [-0.39, 0.29) is 5.78 Å². The summed E-state index contributed by atoms with van der Waals surface area (Å²) in [4.78, 5) is 17.8. The summed E-state index contributed by atoms with van der Waals surface area (Å²) in [6.07, 6.45) is 3.29. The van der Waals surface area contributed by atoms with Gasteiger partial charge in [-0.1, -0.05) is 23.7 Å². The first kappa shape index (κ1) is 17.1. The number of hydrogen-bond acceptors (Lipinski definition) is 3. The van der Waals surface area contributed by atoms with Crippen molar-refractivity contribution in [1.82, 2.24) is 9.88 Å². The highest BCUT2D eigenvalue weighted by Crippen LogP contribution is 2.35. The van der Waals surface area contributed by atoms with Crippen molar-refractivity contribution in [2.45, 2.75) is 0 Å². The van der Waals surface area contributed by atoms with E-state index in [4.69, 9.17) is 16.3 Å². The minimum atomic E-state index is -0.0909. The maximum absolute atomic E-state index is 12.7. The molecule has 4 nitrogen and oxygen atoms in total. The zero-order valence-corrected chi connectivity index (χ0v) is 15.1. The number of methoxy groups -OCH3 is 1. The van der Waals surface area contributed by atoms with Gasteiger partial charge in [-0.15, -0.1) is 0 Å². The molecule has 1 heterocycles. The Labute approximate surface area is 151 Å². The SMILES string of the molecule is COc1ccc(-c2c(C(=O)C=CN(C)C)[nH]c3ccc(Cl)cc23)cc1. The quantitative estimate of drug-likeness (QED) is 0.531. The van der Waals surface area contributed by atoms with Crippen LogP contribution < -0.4 is 4.74 Å². The number of H-pyrrole nitrogens is 1. The molecule has 0 atom stereocenters. The summed E-state index contributed by atoms with van der Waals surface area (Å²) in [5, 5.41) is 1.54. The lowest BCUT2D eigenvalue weighted by Crippen LogP contribution is -2.04. The number of carbonyl (C=O) groups is 1. The average Bonchev–Trinajstić information content (AvgIpc) is 2.98. The van der Waals surface area contributed by atoms with Crippen LogP contribution in [-0.2, 0) is 0 Å². The van der Waals surface area contributed by atoms with Gasteiger partial charge in [-0.05, 0) is 35.9 Å². The minimum absolute atomic E-state index is 0.0909. The van der Waals surface area contributed by atoms with E-state index in [1.54, 1.807) is 19.4 Å². The van der Waals surface area contributed by atoms with Crippen molar-refractivity contribution in [1.29, 1.82) is 0 Å². The zero-order chi connectivity index (χ0) is 18.0. The normalized spacial score (nSPS) is 11.2. The highest BCUT2D eigenvalue weighted by atomic mass is 35.5. The topological polar surface area (TPSA) is 45.3 Å². The molecule has 25 heavy (non-hydrogen) atoms. The molecular weight excluding hydrogens is 336 g/mol. The lowest BCUT2D eigenvalue weighted by molar-refractivity contribution is 0.104. The van der Waals surface area contributed by atoms with Crippen molar-refractivity contribution in [2.75, 3.05) is 21.2 Å². The smallest absolute Gasteiger partial charge is 0.204 e. The van der Waals surface area contributed by atoms with Crippen molar-refractivity contribution >= 4 is 28.3 Å². The third-order valence-corrected chi connectivity index (χ3v) is 4.14. The third kappa shape index (κ3) is 3.54. The van der Waals surface area contributed by atoms with Gasteiger partial charge in [0.2, 0.25) is 5.78 Å². The molecule has 0 radical (unpaired) electrons. The number of ketones is 1. The predicted octanol–water partition coefficient (Wildman–Crippen LogP) is 4.75. The first-order valence-corrected chi connectivity index (χ1v) is 8.22. The van der Waals surface area contributed by atoms with Gasteiger partial charge >= 0.3 is 0 Å². The number of hydrogen-bond donors (Lipinski definition) is 1. The van der Waals surface area contributed by atoms with Crippen LogP contribution in [0.15, 0.2) is 54.7 Å². The second-order valence-electron chi connectivity index (χ2n) is 5.94. The van der Waals surface area contributed by atoms with E-state index in [2.05, 4.69) is 4.98 Å². The fourth-order valence-electron chi connectivity index (χ4n) is 2.71. The van der Waals surface area contributed by atoms with Gasteiger partial charge in [-0.3, -0.25) is 4.79 Å². The summed E-state index contributed by atoms with van der Waals surface area (Å²) in [6, 6.07) is 13.2. The van der Waals surface area contributed by atoms with Crippen LogP contribution in [0.5, 0.6) is 5.75 Å². The molecular formula is C20H19ClN2O2. The first-order valence-electron chi connectivity index (χ1n) is 7.84. The van der Waals surface area contributed by atoms with Crippen LogP contribution in [0, 0.1) is 0 Å². The van der Waals surface area contributed by atoms with Crippen molar-refractivity contribution in [3.05, 3.63) is 65.5 Å². The van der Waals surface area contributed by atoms with Crippen LogP contribution >= 0.6 is 11.6 Å². The molecule has 0 aliphatic carbocycles. The fourth-order valence-corrected chi connectivity index (χ4v) is 2.88. The molecule has 0 saturated carbocycles. The van der Waals surface area contributed by atoms with Crippen LogP contribution in [-0.4, -0.2) is 36.9 Å². The van der Waals surface area contributed by atoms with Crippen LogP contribution in [0.4, 0.5) is 0 Å². The molecule has 2 aromatic carbocycles. The monoisotopic (exact) mass is 354 g/mol. The lowest BCUT2D eigenvalue weighted by Gasteiger charge is -2.06. The average molecular weight is 355 g/mol. The van der Waals surface area contributed by atoms with Gasteiger partial charge in [0.05, 0.1) is 12.8 Å². The molecule has 0 aliphatic heterocycles. The second kappa shape index (κ2) is 7.03. The second-order valence-corrected chi connectivity index (χ2v) is 6.37. The van der Waals surface area contributed by atoms with Gasteiger partial charge in [0, 0.05) is 47.9 Å². The number of aromatic amines is 1. The minimum Gasteiger partial charge on any atom is -0.497 e. The highest BCUT2D eigenvalue weighted by molar-refractivity contribution is 6.31. The number of aromatic nitrogens is 1. The van der Waals surface area contributed by atoms with Gasteiger partial charge in [0.15, 0.2) is 0 Å². The summed E-state index contributed by atoms with van der Waals surface area (Å²) < 4.78 is 5.22. The van der Waals surface area contributed by atoms with Gasteiger partial charge in [-0.25, -0.2) is 0 Å². The van der Waals surface area contributed by atoms with Crippen molar-refractivity contribution in [3.63, 3.8) is 0 Å². The molecule has 0 fully saturated rings. The Kier molecular flexibility index (Phi) is 4.81. The molecule has 128 valence electrons. The summed E-state index contributed by atoms with van der Waals surface area (Å²) in [6.45, 7) is 0. The van der Waals surface area contributed by atoms with E-state index in [1.165, 1.54) is 0 Å². The number of nitrogens with one attached hydrogen (secondary N) is 1. The first-order chi connectivity index (χ1) is 12.0. The van der Waals surface area contributed by atoms with E-state index < -0.39 is 0 Å². The van der Waals surface area contributed by atoms with Gasteiger partial charge < -0.3 is 14.6 Å². The standard InChI is InChI=1S/C20H19ClN2O2/c1-23(2)11-10-18(24)20-19(13-4-7-15(25-3)8-5-13)16-12-14(21)6-9-17(16)22-20/h4-12,22H,1-3H3. The van der Waals surface area contributed by atoms with E-state index in [0.29, 0.717) is 10.7 Å².